The summed E-state index contributed by atoms with van der Waals surface area (Å²) < 4.78 is 0. The Labute approximate surface area is 220 Å². The summed E-state index contributed by atoms with van der Waals surface area (Å²) in [5, 5.41) is 16.6. The van der Waals surface area contributed by atoms with E-state index in [-0.39, 0.29) is 5.91 Å². The molecule has 0 spiro atoms. The molecule has 0 unspecified atom stereocenters. The molecule has 7 rings (SSSR count). The zero-order valence-corrected chi connectivity index (χ0v) is 20.7. The molecule has 0 aliphatic heterocycles. The van der Waals surface area contributed by atoms with E-state index in [2.05, 4.69) is 58.3 Å². The van der Waals surface area contributed by atoms with Crippen LogP contribution in [0, 0.1) is 0 Å². The average molecular weight is 514 g/mol. The van der Waals surface area contributed by atoms with Gasteiger partial charge in [0.15, 0.2) is 5.65 Å². The van der Waals surface area contributed by atoms with E-state index in [9.17, 15) is 4.79 Å². The molecule has 182 valence electrons. The number of H-pyrrole nitrogens is 2. The highest BCUT2D eigenvalue weighted by molar-refractivity contribution is 7.08. The predicted molar refractivity (Wildman–Crippen MR) is 150 cm³/mol. The Morgan fingerprint density at radius 3 is 2.61 bits per heavy atom. The number of nitrogens with one attached hydrogen (secondary N) is 3. The van der Waals surface area contributed by atoms with Gasteiger partial charge in [0.05, 0.1) is 17.6 Å². The lowest BCUT2D eigenvalue weighted by molar-refractivity contribution is 0.102. The first kappa shape index (κ1) is 22.1. The van der Waals surface area contributed by atoms with Gasteiger partial charge in [-0.2, -0.15) is 16.4 Å². The molecule has 0 aliphatic rings. The second kappa shape index (κ2) is 9.06. The Balaban J connectivity index is 1.25. The number of amides is 1. The van der Waals surface area contributed by atoms with Crippen LogP contribution < -0.4 is 5.32 Å². The lowest BCUT2D eigenvalue weighted by Gasteiger charge is -2.07. The van der Waals surface area contributed by atoms with Gasteiger partial charge in [-0.05, 0) is 64.4 Å². The minimum atomic E-state index is -0.190. The molecule has 3 N–H and O–H groups in total. The van der Waals surface area contributed by atoms with Crippen molar-refractivity contribution in [3.8, 4) is 33.6 Å². The monoisotopic (exact) mass is 513 g/mol. The Hall–Kier alpha value is -5.15. The van der Waals surface area contributed by atoms with Crippen molar-refractivity contribution in [1.82, 2.24) is 30.1 Å². The maximum atomic E-state index is 12.6. The van der Waals surface area contributed by atoms with Crippen LogP contribution in [0.4, 0.5) is 5.69 Å². The lowest BCUT2D eigenvalue weighted by Crippen LogP contribution is -2.11. The third-order valence-corrected chi connectivity index (χ3v) is 7.08. The zero-order chi connectivity index (χ0) is 25.5. The molecule has 8 nitrogen and oxygen atoms in total. The number of carbonyl (C=O) groups excluding carboxylic acids is 1. The van der Waals surface area contributed by atoms with Gasteiger partial charge >= 0.3 is 0 Å². The minimum absolute atomic E-state index is 0.190. The molecule has 0 bridgehead atoms. The van der Waals surface area contributed by atoms with E-state index < -0.39 is 0 Å². The van der Waals surface area contributed by atoms with E-state index in [0.717, 1.165) is 50.1 Å². The van der Waals surface area contributed by atoms with Crippen molar-refractivity contribution in [1.29, 1.82) is 0 Å². The summed E-state index contributed by atoms with van der Waals surface area (Å²) in [6, 6.07) is 19.2. The standard InChI is InChI=1S/C29H19N7OS/c37-29(17-4-2-1-3-5-17)33-21-10-19(13-30-15-21)20-11-24-26(35-36-28(24)32-14-20)25-12-23-22(18-7-9-38-16-18)6-8-31-27(23)34-25/h1-16H,(H,31,34)(H,33,37)(H,32,35,36). The first-order chi connectivity index (χ1) is 18.7. The highest BCUT2D eigenvalue weighted by Crippen LogP contribution is 2.34. The van der Waals surface area contributed by atoms with E-state index in [1.165, 1.54) is 0 Å². The maximum absolute atomic E-state index is 12.6. The van der Waals surface area contributed by atoms with E-state index in [1.807, 2.05) is 42.6 Å². The maximum Gasteiger partial charge on any atom is 0.255 e. The minimum Gasteiger partial charge on any atom is -0.338 e. The SMILES string of the molecule is O=C(Nc1cncc(-c2cnc3[nH]nc(-c4cc5c(-c6ccsc6)ccnc5[nH]4)c3c2)c1)c1ccccc1. The van der Waals surface area contributed by atoms with Crippen molar-refractivity contribution < 1.29 is 4.79 Å². The van der Waals surface area contributed by atoms with Crippen LogP contribution in [-0.4, -0.2) is 36.0 Å². The van der Waals surface area contributed by atoms with Crippen molar-refractivity contribution in [2.45, 2.75) is 0 Å². The van der Waals surface area contributed by atoms with Gasteiger partial charge in [0.25, 0.3) is 5.91 Å². The Bertz CT molecular complexity index is 1920. The number of pyridine rings is 3. The summed E-state index contributed by atoms with van der Waals surface area (Å²) in [6.45, 7) is 0. The van der Waals surface area contributed by atoms with Crippen LogP contribution in [0.3, 0.4) is 0 Å². The number of hydrogen-bond acceptors (Lipinski definition) is 6. The molecule has 7 aromatic rings. The summed E-state index contributed by atoms with van der Waals surface area (Å²) in [6.07, 6.45) is 6.96. The van der Waals surface area contributed by atoms with Gasteiger partial charge in [-0.25, -0.2) is 9.97 Å². The summed E-state index contributed by atoms with van der Waals surface area (Å²) in [5.74, 6) is -0.190. The van der Waals surface area contributed by atoms with E-state index >= 15 is 0 Å². The molecular formula is C29H19N7OS. The van der Waals surface area contributed by atoms with E-state index in [4.69, 9.17) is 0 Å². The van der Waals surface area contributed by atoms with Gasteiger partial charge in [0.2, 0.25) is 0 Å². The molecule has 0 atom stereocenters. The number of fused-ring (bicyclic) bond motifs is 2. The normalized spacial score (nSPS) is 11.3. The summed E-state index contributed by atoms with van der Waals surface area (Å²) in [4.78, 5) is 29.5. The van der Waals surface area contributed by atoms with E-state index in [0.29, 0.717) is 16.9 Å². The number of thiophene rings is 1. The van der Waals surface area contributed by atoms with Crippen LogP contribution in [0.15, 0.2) is 96.2 Å². The number of benzene rings is 1. The quantitative estimate of drug-likeness (QED) is 0.242. The lowest BCUT2D eigenvalue weighted by atomic mass is 10.1. The fourth-order valence-corrected chi connectivity index (χ4v) is 5.21. The molecule has 6 aromatic heterocycles. The van der Waals surface area contributed by atoms with Crippen LogP contribution in [0.25, 0.3) is 55.7 Å². The fraction of sp³-hybridized carbons (Fsp3) is 0. The number of anilines is 1. The average Bonchev–Trinajstić information content (AvgIpc) is 3.73. The third kappa shape index (κ3) is 3.91. The molecule has 0 fully saturated rings. The highest BCUT2D eigenvalue weighted by atomic mass is 32.1. The number of hydrogen-bond donors (Lipinski definition) is 3. The van der Waals surface area contributed by atoms with Crippen molar-refractivity contribution in [2.75, 3.05) is 5.32 Å². The third-order valence-electron chi connectivity index (χ3n) is 6.40. The molecule has 0 aliphatic carbocycles. The molecular weight excluding hydrogens is 494 g/mol. The van der Waals surface area contributed by atoms with Crippen molar-refractivity contribution >= 4 is 45.0 Å². The van der Waals surface area contributed by atoms with Crippen LogP contribution in [0.5, 0.6) is 0 Å². The molecule has 1 aromatic carbocycles. The number of rotatable bonds is 5. The molecule has 0 saturated heterocycles. The number of nitrogens with zero attached hydrogens (tertiary/aromatic N) is 4. The largest absolute Gasteiger partial charge is 0.338 e. The molecule has 0 radical (unpaired) electrons. The van der Waals surface area contributed by atoms with Crippen LogP contribution in [0.2, 0.25) is 0 Å². The van der Waals surface area contributed by atoms with Crippen LogP contribution in [0.1, 0.15) is 10.4 Å². The Kier molecular flexibility index (Phi) is 5.26. The van der Waals surface area contributed by atoms with Gasteiger partial charge in [0, 0.05) is 46.1 Å². The second-order valence-electron chi connectivity index (χ2n) is 8.79. The smallest absolute Gasteiger partial charge is 0.255 e. The number of aromatic nitrogens is 6. The van der Waals surface area contributed by atoms with Gasteiger partial charge in [0.1, 0.15) is 11.3 Å². The molecule has 38 heavy (non-hydrogen) atoms. The summed E-state index contributed by atoms with van der Waals surface area (Å²) in [7, 11) is 0. The number of carbonyl (C=O) groups is 1. The molecule has 6 heterocycles. The topological polar surface area (TPSA) is 112 Å². The highest BCUT2D eigenvalue weighted by Gasteiger charge is 2.16. The first-order valence-corrected chi connectivity index (χ1v) is 12.8. The Morgan fingerprint density at radius 2 is 1.74 bits per heavy atom. The second-order valence-corrected chi connectivity index (χ2v) is 9.57. The van der Waals surface area contributed by atoms with Crippen molar-refractivity contribution in [3.05, 3.63) is 102 Å². The van der Waals surface area contributed by atoms with Crippen molar-refractivity contribution in [2.24, 2.45) is 0 Å². The molecule has 9 heteroatoms. The van der Waals surface area contributed by atoms with Gasteiger partial charge < -0.3 is 10.3 Å². The predicted octanol–water partition coefficient (Wildman–Crippen LogP) is 6.54. The summed E-state index contributed by atoms with van der Waals surface area (Å²) >= 11 is 1.67. The van der Waals surface area contributed by atoms with Crippen molar-refractivity contribution in [3.63, 3.8) is 0 Å². The fourth-order valence-electron chi connectivity index (χ4n) is 4.55. The van der Waals surface area contributed by atoms with Gasteiger partial charge in [-0.15, -0.1) is 0 Å². The van der Waals surface area contributed by atoms with E-state index in [1.54, 1.807) is 42.1 Å². The zero-order valence-electron chi connectivity index (χ0n) is 19.8. The molecule has 0 saturated carbocycles. The molecule has 1 amide bonds. The number of aromatic amines is 2. The Morgan fingerprint density at radius 1 is 0.842 bits per heavy atom. The van der Waals surface area contributed by atoms with Crippen LogP contribution >= 0.6 is 11.3 Å². The van der Waals surface area contributed by atoms with Crippen LogP contribution in [-0.2, 0) is 0 Å². The first-order valence-electron chi connectivity index (χ1n) is 11.9. The summed E-state index contributed by atoms with van der Waals surface area (Å²) in [5.41, 5.74) is 8.24. The van der Waals surface area contributed by atoms with Gasteiger partial charge in [-0.3, -0.25) is 14.9 Å². The van der Waals surface area contributed by atoms with Gasteiger partial charge in [-0.1, -0.05) is 18.2 Å².